The average Bonchev–Trinajstić information content (AvgIpc) is 2.41. The second-order valence-corrected chi connectivity index (χ2v) is 6.17. The molecule has 0 unspecified atom stereocenters. The Kier molecular flexibility index (Phi) is 5.08. The van der Waals surface area contributed by atoms with Gasteiger partial charge in [0.15, 0.2) is 0 Å². The van der Waals surface area contributed by atoms with E-state index >= 15 is 0 Å². The highest BCUT2D eigenvalue weighted by atomic mass is 79.9. The fourth-order valence-corrected chi connectivity index (χ4v) is 2.52. The second-order valence-electron chi connectivity index (χ2n) is 4.85. The molecule has 0 saturated heterocycles. The molecule has 0 heterocycles. The van der Waals surface area contributed by atoms with Crippen LogP contribution in [-0.4, -0.2) is 5.11 Å². The Bertz CT molecular complexity index is 611. The average molecular weight is 356 g/mol. The maximum atomic E-state index is 9.12. The number of benzene rings is 2. The lowest BCUT2D eigenvalue weighted by Gasteiger charge is -2.15. The highest BCUT2D eigenvalue weighted by Gasteiger charge is 2.10. The molecule has 1 N–H and O–H groups in total. The molecular weight excluding hydrogens is 340 g/mol. The van der Waals surface area contributed by atoms with Gasteiger partial charge >= 0.3 is 0 Å². The van der Waals surface area contributed by atoms with Gasteiger partial charge in [0.05, 0.1) is 6.61 Å². The molecule has 2 aromatic carbocycles. The topological polar surface area (TPSA) is 29.5 Å². The predicted molar refractivity (Wildman–Crippen MR) is 85.7 cm³/mol. The highest BCUT2D eigenvalue weighted by Crippen LogP contribution is 2.34. The van der Waals surface area contributed by atoms with E-state index in [0.717, 1.165) is 15.8 Å². The number of halogens is 2. The summed E-state index contributed by atoms with van der Waals surface area (Å²) in [5.74, 6) is 1.84. The number of aliphatic hydroxyl groups excluding tert-OH is 1. The molecule has 0 fully saturated rings. The van der Waals surface area contributed by atoms with Gasteiger partial charge in [-0.05, 0) is 47.4 Å². The molecule has 20 heavy (non-hydrogen) atoms. The zero-order valence-electron chi connectivity index (χ0n) is 11.4. The maximum Gasteiger partial charge on any atom is 0.130 e. The first-order valence-corrected chi connectivity index (χ1v) is 7.55. The summed E-state index contributed by atoms with van der Waals surface area (Å²) in [6.07, 6.45) is 0. The maximum absolute atomic E-state index is 9.12. The quantitative estimate of drug-likeness (QED) is 0.783. The van der Waals surface area contributed by atoms with Crippen molar-refractivity contribution in [2.24, 2.45) is 0 Å². The van der Waals surface area contributed by atoms with Gasteiger partial charge in [-0.15, -0.1) is 0 Å². The largest absolute Gasteiger partial charge is 0.457 e. The van der Waals surface area contributed by atoms with Crippen LogP contribution in [0.5, 0.6) is 11.5 Å². The van der Waals surface area contributed by atoms with Crippen molar-refractivity contribution in [3.63, 3.8) is 0 Å². The van der Waals surface area contributed by atoms with Crippen LogP contribution in [-0.2, 0) is 6.61 Å². The Morgan fingerprint density at radius 1 is 1.20 bits per heavy atom. The van der Waals surface area contributed by atoms with E-state index in [-0.39, 0.29) is 6.61 Å². The Balaban J connectivity index is 2.32. The van der Waals surface area contributed by atoms with Crippen LogP contribution in [0.3, 0.4) is 0 Å². The predicted octanol–water partition coefficient (Wildman–Crippen LogP) is 5.51. The summed E-state index contributed by atoms with van der Waals surface area (Å²) in [7, 11) is 0. The lowest BCUT2D eigenvalue weighted by Crippen LogP contribution is -1.95. The first kappa shape index (κ1) is 15.4. The lowest BCUT2D eigenvalue weighted by molar-refractivity contribution is 0.282. The Labute approximate surface area is 132 Å². The number of ether oxygens (including phenoxy) is 1. The molecule has 0 aliphatic heterocycles. The van der Waals surface area contributed by atoms with E-state index in [1.54, 1.807) is 12.1 Å². The molecule has 2 rings (SSSR count). The number of aliphatic hydroxyl groups is 1. The van der Waals surface area contributed by atoms with Crippen molar-refractivity contribution in [2.45, 2.75) is 26.4 Å². The summed E-state index contributed by atoms with van der Waals surface area (Å²) in [5, 5.41) is 9.62. The van der Waals surface area contributed by atoms with Crippen molar-refractivity contribution >= 4 is 27.5 Å². The molecule has 4 heteroatoms. The smallest absolute Gasteiger partial charge is 0.130 e. The van der Waals surface area contributed by atoms with Crippen LogP contribution in [0.2, 0.25) is 5.02 Å². The van der Waals surface area contributed by atoms with Crippen LogP contribution < -0.4 is 4.74 Å². The summed E-state index contributed by atoms with van der Waals surface area (Å²) in [5.41, 5.74) is 1.82. The zero-order chi connectivity index (χ0) is 14.7. The summed E-state index contributed by atoms with van der Waals surface area (Å²) >= 11 is 9.55. The number of hydrogen-bond donors (Lipinski definition) is 1. The fraction of sp³-hybridized carbons (Fsp3) is 0.250. The van der Waals surface area contributed by atoms with Gasteiger partial charge < -0.3 is 9.84 Å². The van der Waals surface area contributed by atoms with E-state index in [1.165, 1.54) is 0 Å². The molecule has 2 aromatic rings. The van der Waals surface area contributed by atoms with Gasteiger partial charge in [-0.3, -0.25) is 0 Å². The van der Waals surface area contributed by atoms with E-state index in [0.29, 0.717) is 22.3 Å². The van der Waals surface area contributed by atoms with Gasteiger partial charge in [0, 0.05) is 9.50 Å². The van der Waals surface area contributed by atoms with Crippen molar-refractivity contribution in [3.8, 4) is 11.5 Å². The summed E-state index contributed by atoms with van der Waals surface area (Å²) in [6, 6.07) is 11.2. The van der Waals surface area contributed by atoms with Crippen LogP contribution in [0, 0.1) is 0 Å². The molecule has 2 nitrogen and oxygen atoms in total. The van der Waals surface area contributed by atoms with E-state index < -0.39 is 0 Å². The summed E-state index contributed by atoms with van der Waals surface area (Å²) in [6.45, 7) is 4.17. The molecule has 0 aromatic heterocycles. The Hall–Kier alpha value is -1.03. The third-order valence-corrected chi connectivity index (χ3v) is 3.86. The van der Waals surface area contributed by atoms with Crippen LogP contribution in [0.25, 0.3) is 0 Å². The third-order valence-electron chi connectivity index (χ3n) is 3.02. The molecule has 0 amide bonds. The fourth-order valence-electron chi connectivity index (χ4n) is 1.91. The van der Waals surface area contributed by atoms with Gasteiger partial charge in [0.1, 0.15) is 11.5 Å². The minimum atomic E-state index is -0.0748. The highest BCUT2D eigenvalue weighted by molar-refractivity contribution is 9.10. The molecule has 106 valence electrons. The van der Waals surface area contributed by atoms with Crippen LogP contribution in [0.15, 0.2) is 40.9 Å². The zero-order valence-corrected chi connectivity index (χ0v) is 13.7. The van der Waals surface area contributed by atoms with Gasteiger partial charge in [-0.1, -0.05) is 47.4 Å². The minimum Gasteiger partial charge on any atom is -0.457 e. The summed E-state index contributed by atoms with van der Waals surface area (Å²) in [4.78, 5) is 0. The molecule has 0 aliphatic carbocycles. The number of hydrogen-bond acceptors (Lipinski definition) is 2. The monoisotopic (exact) mass is 354 g/mol. The van der Waals surface area contributed by atoms with Crippen molar-refractivity contribution in [1.82, 2.24) is 0 Å². The van der Waals surface area contributed by atoms with E-state index in [9.17, 15) is 0 Å². The van der Waals surface area contributed by atoms with Crippen LogP contribution in [0.4, 0.5) is 0 Å². The molecule has 0 aliphatic rings. The van der Waals surface area contributed by atoms with Crippen molar-refractivity contribution in [3.05, 3.63) is 57.0 Å². The molecule has 0 radical (unpaired) electrons. The summed E-state index contributed by atoms with van der Waals surface area (Å²) < 4.78 is 6.95. The Morgan fingerprint density at radius 2 is 1.95 bits per heavy atom. The van der Waals surface area contributed by atoms with Gasteiger partial charge in [-0.2, -0.15) is 0 Å². The minimum absolute atomic E-state index is 0.0748. The molecule has 0 saturated carbocycles. The third kappa shape index (κ3) is 3.54. The van der Waals surface area contributed by atoms with Gasteiger partial charge in [-0.25, -0.2) is 0 Å². The first-order chi connectivity index (χ1) is 9.51. The van der Waals surface area contributed by atoms with Crippen LogP contribution >= 0.6 is 27.5 Å². The normalized spacial score (nSPS) is 10.9. The SMILES string of the molecule is CC(C)c1cc(Br)ccc1Oc1ccc(CO)c(Cl)c1. The molecule has 0 bridgehead atoms. The van der Waals surface area contributed by atoms with E-state index in [2.05, 4.69) is 35.8 Å². The van der Waals surface area contributed by atoms with Gasteiger partial charge in [0.25, 0.3) is 0 Å². The van der Waals surface area contributed by atoms with Crippen molar-refractivity contribution in [1.29, 1.82) is 0 Å². The molecule has 0 atom stereocenters. The first-order valence-electron chi connectivity index (χ1n) is 6.38. The molecular formula is C16H16BrClO2. The number of rotatable bonds is 4. The van der Waals surface area contributed by atoms with Crippen molar-refractivity contribution < 1.29 is 9.84 Å². The van der Waals surface area contributed by atoms with Gasteiger partial charge in [0.2, 0.25) is 0 Å². The van der Waals surface area contributed by atoms with E-state index in [1.807, 2.05) is 18.2 Å². The Morgan fingerprint density at radius 3 is 2.55 bits per heavy atom. The van der Waals surface area contributed by atoms with Crippen molar-refractivity contribution in [2.75, 3.05) is 0 Å². The molecule has 0 spiro atoms. The lowest BCUT2D eigenvalue weighted by atomic mass is 10.0. The second kappa shape index (κ2) is 6.61. The van der Waals surface area contributed by atoms with Crippen LogP contribution in [0.1, 0.15) is 30.9 Å². The van der Waals surface area contributed by atoms with E-state index in [4.69, 9.17) is 21.4 Å². The standard InChI is InChI=1S/C16H16BrClO2/c1-10(2)14-7-12(17)4-6-16(14)20-13-5-3-11(9-19)15(18)8-13/h3-8,10,19H,9H2,1-2H3.